The van der Waals surface area contributed by atoms with Crippen molar-refractivity contribution in [3.05, 3.63) is 46.2 Å². The Labute approximate surface area is 113 Å². The zero-order chi connectivity index (χ0) is 15.0. The largest absolute Gasteiger partial charge is 0.456 e. The van der Waals surface area contributed by atoms with Crippen LogP contribution in [0.1, 0.15) is 11.1 Å². The molecular formula is C12H6F6OS. The first-order chi connectivity index (χ1) is 9.16. The molecule has 1 nitrogen and oxygen atoms in total. The number of ether oxygens (including phenoxy) is 1. The highest BCUT2D eigenvalue weighted by Crippen LogP contribution is 2.39. The molecule has 0 aliphatic rings. The zero-order valence-electron chi connectivity index (χ0n) is 9.55. The second-order valence-corrected chi connectivity index (χ2v) is 4.58. The molecule has 0 amide bonds. The minimum Gasteiger partial charge on any atom is -0.456 e. The molecule has 0 atom stereocenters. The minimum absolute atomic E-state index is 0.0560. The SMILES string of the molecule is FC(F)(F)c1cc(Oc2ccsc2)cc(C(F)(F)F)c1. The van der Waals surface area contributed by atoms with Gasteiger partial charge in [0, 0.05) is 5.38 Å². The minimum atomic E-state index is -4.88. The summed E-state index contributed by atoms with van der Waals surface area (Å²) in [7, 11) is 0. The molecule has 1 aromatic carbocycles. The third-order valence-electron chi connectivity index (χ3n) is 2.29. The number of hydrogen-bond acceptors (Lipinski definition) is 2. The number of benzene rings is 1. The molecule has 0 bridgehead atoms. The fourth-order valence-electron chi connectivity index (χ4n) is 1.43. The van der Waals surface area contributed by atoms with Crippen molar-refractivity contribution in [2.75, 3.05) is 0 Å². The summed E-state index contributed by atoms with van der Waals surface area (Å²) in [5.74, 6) is -0.326. The summed E-state index contributed by atoms with van der Waals surface area (Å²) in [5, 5.41) is 3.06. The van der Waals surface area contributed by atoms with Crippen LogP contribution in [0.25, 0.3) is 0 Å². The fourth-order valence-corrected chi connectivity index (χ4v) is 1.98. The van der Waals surface area contributed by atoms with Crippen molar-refractivity contribution in [2.24, 2.45) is 0 Å². The van der Waals surface area contributed by atoms with Gasteiger partial charge in [0.1, 0.15) is 11.5 Å². The molecule has 20 heavy (non-hydrogen) atoms. The van der Waals surface area contributed by atoms with Gasteiger partial charge in [0.25, 0.3) is 0 Å². The molecule has 0 spiro atoms. The summed E-state index contributed by atoms with van der Waals surface area (Å²) >= 11 is 1.21. The molecule has 2 rings (SSSR count). The number of thiophene rings is 1. The molecule has 1 aromatic heterocycles. The Morgan fingerprint density at radius 3 is 1.75 bits per heavy atom. The molecule has 0 aliphatic carbocycles. The Morgan fingerprint density at radius 2 is 1.35 bits per heavy atom. The van der Waals surface area contributed by atoms with Gasteiger partial charge in [0.2, 0.25) is 0 Å². The van der Waals surface area contributed by atoms with Crippen LogP contribution in [0.4, 0.5) is 26.3 Å². The Morgan fingerprint density at radius 1 is 0.800 bits per heavy atom. The van der Waals surface area contributed by atoms with Gasteiger partial charge < -0.3 is 4.74 Å². The molecule has 0 radical (unpaired) electrons. The van der Waals surface area contributed by atoms with Crippen molar-refractivity contribution >= 4 is 11.3 Å². The van der Waals surface area contributed by atoms with Gasteiger partial charge in [0.15, 0.2) is 0 Å². The first-order valence-electron chi connectivity index (χ1n) is 5.16. The monoisotopic (exact) mass is 312 g/mol. The van der Waals surface area contributed by atoms with Crippen molar-refractivity contribution in [1.82, 2.24) is 0 Å². The lowest BCUT2D eigenvalue weighted by Crippen LogP contribution is -2.10. The maximum absolute atomic E-state index is 12.6. The third-order valence-corrected chi connectivity index (χ3v) is 2.95. The van der Waals surface area contributed by atoms with Gasteiger partial charge in [-0.2, -0.15) is 26.3 Å². The van der Waals surface area contributed by atoms with Gasteiger partial charge in [-0.15, -0.1) is 11.3 Å². The Balaban J connectivity index is 2.46. The summed E-state index contributed by atoms with van der Waals surface area (Å²) in [6.07, 6.45) is -9.76. The van der Waals surface area contributed by atoms with E-state index >= 15 is 0 Å². The number of rotatable bonds is 2. The summed E-state index contributed by atoms with van der Waals surface area (Å²) in [6.45, 7) is 0. The molecule has 8 heteroatoms. The van der Waals surface area contributed by atoms with E-state index in [1.807, 2.05) is 0 Å². The van der Waals surface area contributed by atoms with Crippen LogP contribution >= 0.6 is 11.3 Å². The smallest absolute Gasteiger partial charge is 0.416 e. The van der Waals surface area contributed by atoms with Crippen LogP contribution in [0.3, 0.4) is 0 Å². The van der Waals surface area contributed by atoms with E-state index in [0.29, 0.717) is 12.1 Å². The average molecular weight is 312 g/mol. The fraction of sp³-hybridized carbons (Fsp3) is 0.167. The second-order valence-electron chi connectivity index (χ2n) is 3.80. The van der Waals surface area contributed by atoms with Crippen LogP contribution < -0.4 is 4.74 Å². The van der Waals surface area contributed by atoms with Gasteiger partial charge in [-0.3, -0.25) is 0 Å². The molecule has 108 valence electrons. The van der Waals surface area contributed by atoms with E-state index in [2.05, 4.69) is 0 Å². The van der Waals surface area contributed by atoms with E-state index in [1.54, 1.807) is 5.38 Å². The van der Waals surface area contributed by atoms with Gasteiger partial charge >= 0.3 is 12.4 Å². The predicted molar refractivity (Wildman–Crippen MR) is 60.8 cm³/mol. The van der Waals surface area contributed by atoms with Crippen molar-refractivity contribution in [3.63, 3.8) is 0 Å². The van der Waals surface area contributed by atoms with Crippen LogP contribution in [-0.4, -0.2) is 0 Å². The molecule has 0 aliphatic heterocycles. The highest BCUT2D eigenvalue weighted by Gasteiger charge is 2.37. The average Bonchev–Trinajstić information content (AvgIpc) is 2.79. The molecule has 1 heterocycles. The first kappa shape index (κ1) is 14.7. The molecular weight excluding hydrogens is 306 g/mol. The Kier molecular flexibility index (Phi) is 3.68. The number of halogens is 6. The molecule has 0 N–H and O–H groups in total. The number of hydrogen-bond donors (Lipinski definition) is 0. The maximum atomic E-state index is 12.6. The van der Waals surface area contributed by atoms with Crippen molar-refractivity contribution in [2.45, 2.75) is 12.4 Å². The zero-order valence-corrected chi connectivity index (χ0v) is 10.4. The standard InChI is InChI=1S/C12H6F6OS/c13-11(14,15)7-3-8(12(16,17)18)5-10(4-7)19-9-1-2-20-6-9/h1-6H. The Bertz CT molecular complexity index is 553. The predicted octanol–water partition coefficient (Wildman–Crippen LogP) is 5.58. The third kappa shape index (κ3) is 3.44. The highest BCUT2D eigenvalue weighted by molar-refractivity contribution is 7.08. The lowest BCUT2D eigenvalue weighted by Gasteiger charge is -2.14. The maximum Gasteiger partial charge on any atom is 0.416 e. The van der Waals surface area contributed by atoms with Crippen molar-refractivity contribution in [1.29, 1.82) is 0 Å². The lowest BCUT2D eigenvalue weighted by atomic mass is 10.1. The molecule has 0 saturated carbocycles. The molecule has 0 saturated heterocycles. The van der Waals surface area contributed by atoms with Crippen LogP contribution in [0.15, 0.2) is 35.0 Å². The molecule has 0 fully saturated rings. The summed E-state index contributed by atoms with van der Waals surface area (Å²) in [5.41, 5.74) is -2.81. The van der Waals surface area contributed by atoms with Gasteiger partial charge in [0.05, 0.1) is 11.1 Å². The highest BCUT2D eigenvalue weighted by atomic mass is 32.1. The van der Waals surface area contributed by atoms with Crippen molar-refractivity contribution in [3.8, 4) is 11.5 Å². The number of alkyl halides is 6. The first-order valence-corrected chi connectivity index (χ1v) is 6.10. The van der Waals surface area contributed by atoms with Crippen LogP contribution in [0.5, 0.6) is 11.5 Å². The van der Waals surface area contributed by atoms with Crippen LogP contribution in [0, 0.1) is 0 Å². The Hall–Kier alpha value is -1.70. The molecule has 2 aromatic rings. The summed E-state index contributed by atoms with van der Waals surface area (Å²) in [4.78, 5) is 0. The van der Waals surface area contributed by atoms with E-state index in [0.717, 1.165) is 0 Å². The van der Waals surface area contributed by atoms with Gasteiger partial charge in [-0.25, -0.2) is 0 Å². The quantitative estimate of drug-likeness (QED) is 0.658. The summed E-state index contributed by atoms with van der Waals surface area (Å²) in [6, 6.07) is 2.57. The van der Waals surface area contributed by atoms with E-state index in [-0.39, 0.29) is 11.8 Å². The summed E-state index contributed by atoms with van der Waals surface area (Å²) < 4.78 is 80.6. The lowest BCUT2D eigenvalue weighted by molar-refractivity contribution is -0.143. The van der Waals surface area contributed by atoms with Gasteiger partial charge in [-0.05, 0) is 29.6 Å². The van der Waals surface area contributed by atoms with Crippen molar-refractivity contribution < 1.29 is 31.1 Å². The molecule has 0 unspecified atom stereocenters. The van der Waals surface area contributed by atoms with Crippen LogP contribution in [0.2, 0.25) is 0 Å². The van der Waals surface area contributed by atoms with E-state index in [9.17, 15) is 26.3 Å². The van der Waals surface area contributed by atoms with E-state index < -0.39 is 29.2 Å². The van der Waals surface area contributed by atoms with Crippen LogP contribution in [-0.2, 0) is 12.4 Å². The van der Waals surface area contributed by atoms with E-state index in [4.69, 9.17) is 4.74 Å². The topological polar surface area (TPSA) is 9.23 Å². The second kappa shape index (κ2) is 5.01. The van der Waals surface area contributed by atoms with Gasteiger partial charge in [-0.1, -0.05) is 0 Å². The normalized spacial score (nSPS) is 12.5. The van der Waals surface area contributed by atoms with E-state index in [1.165, 1.54) is 22.8 Å².